The number of hydrogen-bond acceptors (Lipinski definition) is 2. The normalized spacial score (nSPS) is 24.8. The SMILES string of the molecule is CC1CCNC(C(=O)N[C@H](C)c2ccccc2Cl)C1. The van der Waals surface area contributed by atoms with Gasteiger partial charge in [-0.25, -0.2) is 0 Å². The summed E-state index contributed by atoms with van der Waals surface area (Å²) in [6.45, 7) is 5.07. The standard InChI is InChI=1S/C15H21ClN2O/c1-10-7-8-17-14(9-10)15(19)18-11(2)12-5-3-4-6-13(12)16/h3-6,10-11,14,17H,7-9H2,1-2H3,(H,18,19)/t10?,11-,14?/m1/s1. The van der Waals surface area contributed by atoms with E-state index in [2.05, 4.69) is 17.6 Å². The Morgan fingerprint density at radius 2 is 2.21 bits per heavy atom. The fourth-order valence-corrected chi connectivity index (χ4v) is 2.82. The summed E-state index contributed by atoms with van der Waals surface area (Å²) in [5, 5.41) is 7.01. The van der Waals surface area contributed by atoms with Crippen LogP contribution in [0.1, 0.15) is 38.3 Å². The maximum absolute atomic E-state index is 12.2. The molecular formula is C15H21ClN2O. The number of amides is 1. The molecule has 1 aromatic carbocycles. The van der Waals surface area contributed by atoms with Crippen LogP contribution in [0.3, 0.4) is 0 Å². The van der Waals surface area contributed by atoms with Crippen molar-refractivity contribution in [1.29, 1.82) is 0 Å². The van der Waals surface area contributed by atoms with E-state index in [1.54, 1.807) is 0 Å². The zero-order valence-corrected chi connectivity index (χ0v) is 12.2. The van der Waals surface area contributed by atoms with Crippen LogP contribution >= 0.6 is 11.6 Å². The van der Waals surface area contributed by atoms with Crippen LogP contribution in [-0.2, 0) is 4.79 Å². The second-order valence-corrected chi connectivity index (χ2v) is 5.80. The Morgan fingerprint density at radius 3 is 2.89 bits per heavy atom. The Morgan fingerprint density at radius 1 is 1.47 bits per heavy atom. The van der Waals surface area contributed by atoms with Crippen molar-refractivity contribution < 1.29 is 4.79 Å². The molecule has 104 valence electrons. The van der Waals surface area contributed by atoms with Gasteiger partial charge in [0.2, 0.25) is 5.91 Å². The molecule has 19 heavy (non-hydrogen) atoms. The Kier molecular flexibility index (Phi) is 4.83. The van der Waals surface area contributed by atoms with Gasteiger partial charge in [-0.2, -0.15) is 0 Å². The van der Waals surface area contributed by atoms with E-state index >= 15 is 0 Å². The first-order valence-corrected chi connectivity index (χ1v) is 7.24. The van der Waals surface area contributed by atoms with E-state index in [4.69, 9.17) is 11.6 Å². The van der Waals surface area contributed by atoms with Crippen molar-refractivity contribution in [3.8, 4) is 0 Å². The zero-order chi connectivity index (χ0) is 13.8. The summed E-state index contributed by atoms with van der Waals surface area (Å²) in [5.74, 6) is 0.673. The molecule has 0 spiro atoms. The van der Waals surface area contributed by atoms with Gasteiger partial charge in [0, 0.05) is 5.02 Å². The fraction of sp³-hybridized carbons (Fsp3) is 0.533. The Balaban J connectivity index is 1.97. The van der Waals surface area contributed by atoms with Crippen LogP contribution in [0, 0.1) is 5.92 Å². The minimum Gasteiger partial charge on any atom is -0.348 e. The molecule has 3 atom stereocenters. The third-order valence-corrected chi connectivity index (χ3v) is 4.06. The van der Waals surface area contributed by atoms with Gasteiger partial charge < -0.3 is 10.6 Å². The molecule has 2 rings (SSSR count). The number of halogens is 1. The Labute approximate surface area is 119 Å². The van der Waals surface area contributed by atoms with Crippen molar-refractivity contribution in [3.05, 3.63) is 34.9 Å². The molecule has 0 aliphatic carbocycles. The quantitative estimate of drug-likeness (QED) is 0.894. The third kappa shape index (κ3) is 3.71. The number of hydrogen-bond donors (Lipinski definition) is 2. The fourth-order valence-electron chi connectivity index (χ4n) is 2.53. The monoisotopic (exact) mass is 280 g/mol. The molecular weight excluding hydrogens is 260 g/mol. The van der Waals surface area contributed by atoms with Gasteiger partial charge in [0.1, 0.15) is 0 Å². The van der Waals surface area contributed by atoms with Crippen LogP contribution in [0.15, 0.2) is 24.3 Å². The molecule has 1 heterocycles. The molecule has 1 amide bonds. The van der Waals surface area contributed by atoms with Gasteiger partial charge in [-0.1, -0.05) is 36.7 Å². The van der Waals surface area contributed by atoms with Gasteiger partial charge >= 0.3 is 0 Å². The molecule has 0 bridgehead atoms. The number of carbonyl (C=O) groups excluding carboxylic acids is 1. The molecule has 0 saturated carbocycles. The molecule has 0 aromatic heterocycles. The number of benzene rings is 1. The summed E-state index contributed by atoms with van der Waals surface area (Å²) >= 11 is 6.14. The highest BCUT2D eigenvalue weighted by Gasteiger charge is 2.25. The summed E-state index contributed by atoms with van der Waals surface area (Å²) in [6.07, 6.45) is 2.05. The molecule has 1 aliphatic rings. The smallest absolute Gasteiger partial charge is 0.237 e. The summed E-state index contributed by atoms with van der Waals surface area (Å²) in [4.78, 5) is 12.2. The van der Waals surface area contributed by atoms with E-state index in [1.807, 2.05) is 31.2 Å². The lowest BCUT2D eigenvalue weighted by Gasteiger charge is -2.28. The van der Waals surface area contributed by atoms with Crippen LogP contribution in [0.4, 0.5) is 0 Å². The summed E-state index contributed by atoms with van der Waals surface area (Å²) in [5.41, 5.74) is 0.960. The lowest BCUT2D eigenvalue weighted by Crippen LogP contribution is -2.48. The van der Waals surface area contributed by atoms with Crippen molar-refractivity contribution in [2.75, 3.05) is 6.54 Å². The van der Waals surface area contributed by atoms with Crippen LogP contribution in [0.5, 0.6) is 0 Å². The highest BCUT2D eigenvalue weighted by molar-refractivity contribution is 6.31. The van der Waals surface area contributed by atoms with Crippen LogP contribution < -0.4 is 10.6 Å². The van der Waals surface area contributed by atoms with Crippen LogP contribution in [0.25, 0.3) is 0 Å². The predicted molar refractivity (Wildman–Crippen MR) is 78.2 cm³/mol. The van der Waals surface area contributed by atoms with Crippen LogP contribution in [0.2, 0.25) is 5.02 Å². The van der Waals surface area contributed by atoms with Gasteiger partial charge in [0.15, 0.2) is 0 Å². The van der Waals surface area contributed by atoms with Gasteiger partial charge in [-0.15, -0.1) is 0 Å². The average Bonchev–Trinajstić information content (AvgIpc) is 2.39. The Bertz CT molecular complexity index is 450. The van der Waals surface area contributed by atoms with E-state index in [-0.39, 0.29) is 18.0 Å². The molecule has 1 aliphatic heterocycles. The van der Waals surface area contributed by atoms with E-state index in [0.717, 1.165) is 24.9 Å². The first-order valence-electron chi connectivity index (χ1n) is 6.86. The van der Waals surface area contributed by atoms with Crippen molar-refractivity contribution in [1.82, 2.24) is 10.6 Å². The van der Waals surface area contributed by atoms with E-state index in [0.29, 0.717) is 10.9 Å². The van der Waals surface area contributed by atoms with E-state index < -0.39 is 0 Å². The summed E-state index contributed by atoms with van der Waals surface area (Å²) in [7, 11) is 0. The highest BCUT2D eigenvalue weighted by Crippen LogP contribution is 2.23. The molecule has 1 aromatic rings. The first kappa shape index (κ1) is 14.4. The lowest BCUT2D eigenvalue weighted by molar-refractivity contribution is -0.124. The minimum atomic E-state index is -0.0753. The number of nitrogens with one attached hydrogen (secondary N) is 2. The lowest BCUT2D eigenvalue weighted by atomic mass is 9.93. The third-order valence-electron chi connectivity index (χ3n) is 3.71. The second kappa shape index (κ2) is 6.40. The first-order chi connectivity index (χ1) is 9.08. The van der Waals surface area contributed by atoms with Crippen molar-refractivity contribution >= 4 is 17.5 Å². The molecule has 0 radical (unpaired) electrons. The number of rotatable bonds is 3. The predicted octanol–water partition coefficient (Wildman–Crippen LogP) is 2.91. The van der Waals surface area contributed by atoms with Gasteiger partial charge in [-0.3, -0.25) is 4.79 Å². The average molecular weight is 281 g/mol. The van der Waals surface area contributed by atoms with E-state index in [1.165, 1.54) is 0 Å². The van der Waals surface area contributed by atoms with Crippen molar-refractivity contribution in [3.63, 3.8) is 0 Å². The molecule has 2 N–H and O–H groups in total. The number of carbonyl (C=O) groups is 1. The Hall–Kier alpha value is -1.06. The topological polar surface area (TPSA) is 41.1 Å². The molecule has 1 fully saturated rings. The highest BCUT2D eigenvalue weighted by atomic mass is 35.5. The van der Waals surface area contributed by atoms with Crippen LogP contribution in [-0.4, -0.2) is 18.5 Å². The van der Waals surface area contributed by atoms with Crippen molar-refractivity contribution in [2.24, 2.45) is 5.92 Å². The molecule has 1 saturated heterocycles. The maximum Gasteiger partial charge on any atom is 0.237 e. The minimum absolute atomic E-state index is 0.0685. The maximum atomic E-state index is 12.2. The van der Waals surface area contributed by atoms with Crippen molar-refractivity contribution in [2.45, 2.75) is 38.8 Å². The summed E-state index contributed by atoms with van der Waals surface area (Å²) in [6, 6.07) is 7.48. The molecule has 2 unspecified atom stereocenters. The van der Waals surface area contributed by atoms with Gasteiger partial charge in [0.05, 0.1) is 12.1 Å². The number of piperidine rings is 1. The second-order valence-electron chi connectivity index (χ2n) is 5.39. The van der Waals surface area contributed by atoms with Gasteiger partial charge in [-0.05, 0) is 43.9 Å². The summed E-state index contributed by atoms with van der Waals surface area (Å²) < 4.78 is 0. The van der Waals surface area contributed by atoms with E-state index in [9.17, 15) is 4.79 Å². The molecule has 3 nitrogen and oxygen atoms in total. The van der Waals surface area contributed by atoms with Gasteiger partial charge in [0.25, 0.3) is 0 Å². The molecule has 4 heteroatoms. The zero-order valence-electron chi connectivity index (χ0n) is 11.4. The largest absolute Gasteiger partial charge is 0.348 e.